The largest absolute Gasteiger partial charge is 0.586 e. The van der Waals surface area contributed by atoms with Gasteiger partial charge in [-0.2, -0.15) is 18.3 Å². The molecule has 1 fully saturated rings. The van der Waals surface area contributed by atoms with Crippen LogP contribution >= 0.6 is 0 Å². The van der Waals surface area contributed by atoms with Crippen LogP contribution in [0.15, 0.2) is 30.6 Å². The molecule has 0 saturated heterocycles. The van der Waals surface area contributed by atoms with Crippen molar-refractivity contribution in [3.8, 4) is 23.1 Å². The Labute approximate surface area is 236 Å². The molecule has 42 heavy (non-hydrogen) atoms. The summed E-state index contributed by atoms with van der Waals surface area (Å²) in [4.78, 5) is 18.3. The van der Waals surface area contributed by atoms with E-state index in [-0.39, 0.29) is 59.0 Å². The van der Waals surface area contributed by atoms with Crippen LogP contribution in [0.4, 0.5) is 22.0 Å². The molecule has 1 unspecified atom stereocenters. The average Bonchev–Trinajstić information content (AvgIpc) is 3.50. The second kappa shape index (κ2) is 11.7. The van der Waals surface area contributed by atoms with Gasteiger partial charge in [0.15, 0.2) is 17.2 Å². The van der Waals surface area contributed by atoms with Crippen LogP contribution in [0.25, 0.3) is 5.69 Å². The summed E-state index contributed by atoms with van der Waals surface area (Å²) in [5, 5.41) is 22.6. The Kier molecular flexibility index (Phi) is 8.21. The Morgan fingerprint density at radius 1 is 1.07 bits per heavy atom. The third kappa shape index (κ3) is 6.55. The van der Waals surface area contributed by atoms with E-state index in [1.165, 1.54) is 30.8 Å². The predicted molar refractivity (Wildman–Crippen MR) is 133 cm³/mol. The van der Waals surface area contributed by atoms with Crippen molar-refractivity contribution in [2.75, 3.05) is 0 Å². The molecule has 0 radical (unpaired) electrons. The lowest BCUT2D eigenvalue weighted by molar-refractivity contribution is -0.286. The van der Waals surface area contributed by atoms with E-state index in [4.69, 9.17) is 9.84 Å². The molecule has 1 aliphatic heterocycles. The molecule has 4 heterocycles. The number of carbonyl (C=O) groups is 1. The summed E-state index contributed by atoms with van der Waals surface area (Å²) in [6.45, 7) is -0.188. The lowest BCUT2D eigenvalue weighted by Crippen LogP contribution is -2.25. The summed E-state index contributed by atoms with van der Waals surface area (Å²) in [6, 6.07) is 4.01. The fourth-order valence-corrected chi connectivity index (χ4v) is 5.17. The highest BCUT2D eigenvalue weighted by molar-refractivity contribution is 5.69. The number of halogens is 5. The fourth-order valence-electron chi connectivity index (χ4n) is 5.17. The first-order chi connectivity index (χ1) is 19.9. The number of aliphatic hydroxyl groups excluding tert-OH is 1. The summed E-state index contributed by atoms with van der Waals surface area (Å²) in [5.74, 6) is -1.02. The number of ether oxygens (including phenoxy) is 3. The fraction of sp³-hybridized carbons (Fsp3) is 0.481. The van der Waals surface area contributed by atoms with Crippen LogP contribution < -0.4 is 14.2 Å². The van der Waals surface area contributed by atoms with Gasteiger partial charge in [0.2, 0.25) is 5.88 Å². The monoisotopic (exact) mass is 598 g/mol. The van der Waals surface area contributed by atoms with Crippen LogP contribution in [-0.2, 0) is 24.0 Å². The summed E-state index contributed by atoms with van der Waals surface area (Å²) in [5.41, 5.74) is -0.526. The normalized spacial score (nSPS) is 19.4. The molecule has 0 amide bonds. The Morgan fingerprint density at radius 2 is 1.81 bits per heavy atom. The Morgan fingerprint density at radius 3 is 2.50 bits per heavy atom. The molecule has 3 aliphatic rings. The summed E-state index contributed by atoms with van der Waals surface area (Å²) in [6.07, 6.45) is -1.02. The van der Waals surface area contributed by atoms with Gasteiger partial charge in [0.25, 0.3) is 0 Å². The van der Waals surface area contributed by atoms with E-state index in [0.29, 0.717) is 12.8 Å². The molecule has 0 bridgehead atoms. The Bertz CT molecular complexity index is 1440. The number of aromatic nitrogens is 4. The van der Waals surface area contributed by atoms with Crippen LogP contribution in [0.2, 0.25) is 0 Å². The first-order valence-corrected chi connectivity index (χ1v) is 13.3. The molecule has 0 aromatic carbocycles. The number of aliphatic carboxylic acids is 1. The molecule has 1 atom stereocenters. The van der Waals surface area contributed by atoms with Gasteiger partial charge < -0.3 is 24.4 Å². The lowest BCUT2D eigenvalue weighted by atomic mass is 9.90. The van der Waals surface area contributed by atoms with E-state index < -0.39 is 30.2 Å². The number of carboxylic acid groups (broad SMARTS) is 1. The van der Waals surface area contributed by atoms with Crippen LogP contribution in [0, 0.1) is 5.92 Å². The molecule has 2 aliphatic carbocycles. The van der Waals surface area contributed by atoms with Crippen molar-refractivity contribution in [2.45, 2.75) is 76.5 Å². The van der Waals surface area contributed by atoms with Gasteiger partial charge in [0.05, 0.1) is 35.3 Å². The number of nitrogens with zero attached hydrogens (tertiary/aromatic N) is 4. The van der Waals surface area contributed by atoms with Crippen molar-refractivity contribution in [2.24, 2.45) is 5.92 Å². The number of alkyl halides is 5. The minimum absolute atomic E-state index is 0.0260. The highest BCUT2D eigenvalue weighted by Crippen LogP contribution is 2.41. The van der Waals surface area contributed by atoms with Crippen LogP contribution in [-0.4, -0.2) is 42.2 Å². The molecule has 3 aromatic heterocycles. The van der Waals surface area contributed by atoms with Crippen LogP contribution in [0.5, 0.6) is 17.4 Å². The van der Waals surface area contributed by atoms with E-state index in [1.54, 1.807) is 0 Å². The van der Waals surface area contributed by atoms with Gasteiger partial charge in [0.1, 0.15) is 6.61 Å². The van der Waals surface area contributed by atoms with E-state index >= 15 is 0 Å². The smallest absolute Gasteiger partial charge is 0.481 e. The molecule has 15 heteroatoms. The first-order valence-electron chi connectivity index (χ1n) is 13.3. The maximum Gasteiger partial charge on any atom is 0.586 e. The minimum atomic E-state index is -4.67. The highest BCUT2D eigenvalue weighted by Gasteiger charge is 2.44. The second-order valence-electron chi connectivity index (χ2n) is 10.1. The quantitative estimate of drug-likeness (QED) is 0.361. The van der Waals surface area contributed by atoms with Gasteiger partial charge in [-0.05, 0) is 38.2 Å². The zero-order chi connectivity index (χ0) is 30.1. The number of fused-ring (bicyclic) bond motifs is 2. The van der Waals surface area contributed by atoms with Crippen molar-refractivity contribution >= 4 is 5.97 Å². The van der Waals surface area contributed by atoms with Crippen LogP contribution in [0.3, 0.4) is 0 Å². The number of hydrogen-bond donors (Lipinski definition) is 2. The number of rotatable bonds is 5. The second-order valence-corrected chi connectivity index (χ2v) is 10.1. The first kappa shape index (κ1) is 29.5. The maximum atomic E-state index is 13.5. The maximum absolute atomic E-state index is 13.5. The minimum Gasteiger partial charge on any atom is -0.481 e. The van der Waals surface area contributed by atoms with Crippen LogP contribution in [0.1, 0.15) is 73.7 Å². The van der Waals surface area contributed by atoms with Gasteiger partial charge >= 0.3 is 18.4 Å². The molecule has 1 saturated carbocycles. The van der Waals surface area contributed by atoms with Gasteiger partial charge in [-0.1, -0.05) is 19.3 Å². The topological polar surface area (TPSA) is 129 Å². The Hall–Kier alpha value is -4.01. The zero-order valence-electron chi connectivity index (χ0n) is 22.1. The van der Waals surface area contributed by atoms with Gasteiger partial charge in [-0.15, -0.1) is 8.78 Å². The summed E-state index contributed by atoms with van der Waals surface area (Å²) in [7, 11) is 0. The SMILES string of the molecule is O=C(O)C1CCCCC1.OC1CCCc2c(C(F)(F)F)nn(-c3ccnc(OCc4cc5c(cn4)OC(F)(F)O5)c3)c21. The van der Waals surface area contributed by atoms with E-state index in [0.717, 1.165) is 36.6 Å². The van der Waals surface area contributed by atoms with Gasteiger partial charge in [-0.3, -0.25) is 9.78 Å². The van der Waals surface area contributed by atoms with Crippen molar-refractivity contribution in [3.63, 3.8) is 0 Å². The highest BCUT2D eigenvalue weighted by atomic mass is 19.4. The average molecular weight is 599 g/mol. The molecule has 0 spiro atoms. The molecule has 10 nitrogen and oxygen atoms in total. The van der Waals surface area contributed by atoms with Crippen molar-refractivity contribution in [1.29, 1.82) is 0 Å². The number of carboxylic acids is 1. The predicted octanol–water partition coefficient (Wildman–Crippen LogP) is 5.60. The summed E-state index contributed by atoms with van der Waals surface area (Å²) < 4.78 is 82.0. The lowest BCUT2D eigenvalue weighted by Gasteiger charge is -2.20. The zero-order valence-corrected chi connectivity index (χ0v) is 22.1. The molecular formula is C27H27F5N4O6. The van der Waals surface area contributed by atoms with Crippen molar-refractivity contribution in [1.82, 2.24) is 19.7 Å². The van der Waals surface area contributed by atoms with Gasteiger partial charge in [0, 0.05) is 23.9 Å². The number of aliphatic hydroxyl groups is 1. The van der Waals surface area contributed by atoms with Crippen molar-refractivity contribution < 1.29 is 51.2 Å². The molecule has 3 aromatic rings. The van der Waals surface area contributed by atoms with Crippen molar-refractivity contribution in [3.05, 3.63) is 53.2 Å². The van der Waals surface area contributed by atoms with E-state index in [1.807, 2.05) is 0 Å². The molecule has 2 N–H and O–H groups in total. The molecule has 6 rings (SSSR count). The molecular weight excluding hydrogens is 571 g/mol. The van der Waals surface area contributed by atoms with E-state index in [2.05, 4.69) is 24.5 Å². The summed E-state index contributed by atoms with van der Waals surface area (Å²) >= 11 is 0. The van der Waals surface area contributed by atoms with Gasteiger partial charge in [-0.25, -0.2) is 9.67 Å². The standard InChI is InChI=1S/C20H15F5N4O4.C7H12O2/c21-19(22,23)18-12-2-1-3-13(30)17(12)29(28-18)11-4-5-26-16(7-11)31-9-10-6-14-15(8-27-10)33-20(24,25)32-14;8-7(9)6-4-2-1-3-5-6/h4-8,13,30H,1-3,9H2;6H,1-5H2,(H,8,9). The third-order valence-electron chi connectivity index (χ3n) is 7.14. The van der Waals surface area contributed by atoms with E-state index in [9.17, 15) is 31.9 Å². The molecule has 226 valence electrons. The Balaban J connectivity index is 0.000000336. The third-order valence-corrected chi connectivity index (χ3v) is 7.14. The number of pyridine rings is 2. The number of hydrogen-bond acceptors (Lipinski definition) is 8.